The minimum absolute atomic E-state index is 0.0662. The molecule has 0 spiro atoms. The summed E-state index contributed by atoms with van der Waals surface area (Å²) < 4.78 is 5.68. The van der Waals surface area contributed by atoms with Crippen molar-refractivity contribution < 1.29 is 9.21 Å². The molecule has 1 heterocycles. The number of rotatable bonds is 2. The first-order valence-corrected chi connectivity index (χ1v) is 7.60. The van der Waals surface area contributed by atoms with E-state index in [0.29, 0.717) is 31.7 Å². The molecule has 0 saturated heterocycles. The fraction of sp³-hybridized carbons (Fsp3) is 0. The molecule has 0 fully saturated rings. The van der Waals surface area contributed by atoms with Crippen LogP contribution in [-0.4, -0.2) is 5.91 Å². The highest BCUT2D eigenvalue weighted by Crippen LogP contribution is 2.27. The normalized spacial score (nSPS) is 11.9. The second-order valence-corrected chi connectivity index (χ2v) is 6.00. The SMILES string of the molecule is NC(=O)c1cc2cc(Cl)cc(Cl)c2oc1=Nc1ccc(Cl)cc1. The van der Waals surface area contributed by atoms with Crippen LogP contribution in [0.25, 0.3) is 11.0 Å². The number of fused-ring (bicyclic) bond motifs is 1. The van der Waals surface area contributed by atoms with E-state index in [4.69, 9.17) is 45.0 Å². The van der Waals surface area contributed by atoms with Crippen molar-refractivity contribution in [3.63, 3.8) is 0 Å². The second-order valence-electron chi connectivity index (χ2n) is 4.72. The summed E-state index contributed by atoms with van der Waals surface area (Å²) in [5, 5.41) is 1.88. The van der Waals surface area contributed by atoms with Crippen molar-refractivity contribution in [1.29, 1.82) is 0 Å². The van der Waals surface area contributed by atoms with Gasteiger partial charge in [-0.25, -0.2) is 4.99 Å². The summed E-state index contributed by atoms with van der Waals surface area (Å²) in [7, 11) is 0. The number of nitrogens with two attached hydrogens (primary N) is 1. The molecule has 0 aliphatic heterocycles. The zero-order valence-corrected chi connectivity index (χ0v) is 13.8. The molecule has 3 aromatic rings. The number of halogens is 3. The van der Waals surface area contributed by atoms with Gasteiger partial charge in [0.05, 0.1) is 10.7 Å². The molecule has 0 radical (unpaired) electrons. The van der Waals surface area contributed by atoms with E-state index in [1.165, 1.54) is 0 Å². The van der Waals surface area contributed by atoms with Crippen LogP contribution >= 0.6 is 34.8 Å². The third kappa shape index (κ3) is 3.34. The Hall–Kier alpha value is -2.01. The van der Waals surface area contributed by atoms with E-state index in [0.717, 1.165) is 0 Å². The van der Waals surface area contributed by atoms with Crippen LogP contribution < -0.4 is 11.3 Å². The lowest BCUT2D eigenvalue weighted by Gasteiger charge is -2.04. The Bertz CT molecular complexity index is 979. The van der Waals surface area contributed by atoms with Gasteiger partial charge in [-0.3, -0.25) is 4.79 Å². The van der Waals surface area contributed by atoms with Crippen LogP contribution in [-0.2, 0) is 0 Å². The number of amides is 1. The molecule has 3 rings (SSSR count). The first kappa shape index (κ1) is 15.9. The summed E-state index contributed by atoms with van der Waals surface area (Å²) in [5.41, 5.74) is 6.54. The summed E-state index contributed by atoms with van der Waals surface area (Å²) >= 11 is 17.9. The first-order chi connectivity index (χ1) is 10.9. The van der Waals surface area contributed by atoms with Gasteiger partial charge in [0.15, 0.2) is 5.58 Å². The zero-order valence-electron chi connectivity index (χ0n) is 11.5. The lowest BCUT2D eigenvalue weighted by atomic mass is 10.2. The van der Waals surface area contributed by atoms with Gasteiger partial charge in [0.25, 0.3) is 5.91 Å². The smallest absolute Gasteiger partial charge is 0.254 e. The molecular weight excluding hydrogens is 359 g/mol. The standard InChI is InChI=1S/C16H9Cl3N2O2/c17-9-1-3-11(4-2-9)21-16-12(15(20)22)6-8-5-10(18)7-13(19)14(8)23-16/h1-7H,(H2,20,22). The second kappa shape index (κ2) is 6.24. The fourth-order valence-corrected chi connectivity index (χ4v) is 2.73. The number of primary amides is 1. The van der Waals surface area contributed by atoms with E-state index in [2.05, 4.69) is 4.99 Å². The van der Waals surface area contributed by atoms with Gasteiger partial charge in [-0.1, -0.05) is 34.8 Å². The quantitative estimate of drug-likeness (QED) is 0.711. The Morgan fingerprint density at radius 1 is 1.00 bits per heavy atom. The number of hydrogen-bond donors (Lipinski definition) is 1. The van der Waals surface area contributed by atoms with E-state index >= 15 is 0 Å². The van der Waals surface area contributed by atoms with Gasteiger partial charge in [0, 0.05) is 15.4 Å². The Labute approximate surface area is 146 Å². The molecule has 2 N–H and O–H groups in total. The van der Waals surface area contributed by atoms with Crippen LogP contribution in [0.3, 0.4) is 0 Å². The van der Waals surface area contributed by atoms with Crippen molar-refractivity contribution in [2.45, 2.75) is 0 Å². The summed E-state index contributed by atoms with van der Waals surface area (Å²) in [4.78, 5) is 16.0. The van der Waals surface area contributed by atoms with Crippen LogP contribution in [0.15, 0.2) is 51.9 Å². The zero-order chi connectivity index (χ0) is 16.6. The molecule has 1 aromatic heterocycles. The average molecular weight is 368 g/mol. The molecule has 7 heteroatoms. The first-order valence-electron chi connectivity index (χ1n) is 6.47. The van der Waals surface area contributed by atoms with Crippen molar-refractivity contribution >= 4 is 57.4 Å². The molecule has 0 aliphatic carbocycles. The number of nitrogens with zero attached hydrogens (tertiary/aromatic N) is 1. The van der Waals surface area contributed by atoms with Gasteiger partial charge in [-0.15, -0.1) is 0 Å². The highest BCUT2D eigenvalue weighted by molar-refractivity contribution is 6.38. The minimum Gasteiger partial charge on any atom is -0.436 e. The van der Waals surface area contributed by atoms with Crippen LogP contribution in [0.4, 0.5) is 5.69 Å². The van der Waals surface area contributed by atoms with Crippen LogP contribution in [0.2, 0.25) is 15.1 Å². The van der Waals surface area contributed by atoms with Crippen molar-refractivity contribution in [2.75, 3.05) is 0 Å². The molecular formula is C16H9Cl3N2O2. The highest BCUT2D eigenvalue weighted by Gasteiger charge is 2.12. The Morgan fingerprint density at radius 3 is 2.35 bits per heavy atom. The summed E-state index contributed by atoms with van der Waals surface area (Å²) in [5.74, 6) is -0.667. The number of benzene rings is 2. The lowest BCUT2D eigenvalue weighted by molar-refractivity contribution is 0.0996. The third-order valence-electron chi connectivity index (χ3n) is 3.09. The fourth-order valence-electron chi connectivity index (χ4n) is 2.06. The summed E-state index contributed by atoms with van der Waals surface area (Å²) in [6.07, 6.45) is 0. The van der Waals surface area contributed by atoms with E-state index < -0.39 is 5.91 Å². The largest absolute Gasteiger partial charge is 0.436 e. The monoisotopic (exact) mass is 366 g/mol. The van der Waals surface area contributed by atoms with E-state index in [1.807, 2.05) is 0 Å². The van der Waals surface area contributed by atoms with Crippen LogP contribution in [0.1, 0.15) is 10.4 Å². The van der Waals surface area contributed by atoms with Gasteiger partial charge in [-0.05, 0) is 42.5 Å². The van der Waals surface area contributed by atoms with Crippen LogP contribution in [0.5, 0.6) is 0 Å². The van der Waals surface area contributed by atoms with E-state index in [1.54, 1.807) is 42.5 Å². The maximum absolute atomic E-state index is 11.7. The van der Waals surface area contributed by atoms with E-state index in [-0.39, 0.29) is 11.1 Å². The molecule has 1 amide bonds. The predicted octanol–water partition coefficient (Wildman–Crippen LogP) is 4.72. The highest BCUT2D eigenvalue weighted by atomic mass is 35.5. The Balaban J connectivity index is 2.32. The van der Waals surface area contributed by atoms with Crippen molar-refractivity contribution in [2.24, 2.45) is 10.7 Å². The Kier molecular flexibility index (Phi) is 4.31. The maximum atomic E-state index is 11.7. The molecule has 0 saturated carbocycles. The van der Waals surface area contributed by atoms with Gasteiger partial charge in [-0.2, -0.15) is 0 Å². The molecule has 0 unspecified atom stereocenters. The van der Waals surface area contributed by atoms with Gasteiger partial charge in [0.2, 0.25) is 5.55 Å². The third-order valence-corrected chi connectivity index (χ3v) is 3.84. The molecule has 116 valence electrons. The topological polar surface area (TPSA) is 68.6 Å². The van der Waals surface area contributed by atoms with Gasteiger partial charge >= 0.3 is 0 Å². The van der Waals surface area contributed by atoms with E-state index in [9.17, 15) is 4.79 Å². The predicted molar refractivity (Wildman–Crippen MR) is 91.4 cm³/mol. The molecule has 2 aromatic carbocycles. The van der Waals surface area contributed by atoms with Crippen LogP contribution in [0, 0.1) is 0 Å². The average Bonchev–Trinajstić information content (AvgIpc) is 2.49. The summed E-state index contributed by atoms with van der Waals surface area (Å²) in [6.45, 7) is 0. The molecule has 4 nitrogen and oxygen atoms in total. The molecule has 23 heavy (non-hydrogen) atoms. The number of carbonyl (C=O) groups excluding carboxylic acids is 1. The molecule has 0 aliphatic rings. The van der Waals surface area contributed by atoms with Gasteiger partial charge in [0.1, 0.15) is 5.56 Å². The van der Waals surface area contributed by atoms with Crippen molar-refractivity contribution in [3.05, 3.63) is 68.6 Å². The number of hydrogen-bond acceptors (Lipinski definition) is 3. The van der Waals surface area contributed by atoms with Crippen molar-refractivity contribution in [3.8, 4) is 0 Å². The molecule has 0 atom stereocenters. The number of carbonyl (C=O) groups is 1. The molecule has 0 bridgehead atoms. The summed E-state index contributed by atoms with van der Waals surface area (Å²) in [6, 6.07) is 11.5. The van der Waals surface area contributed by atoms with Crippen molar-refractivity contribution in [1.82, 2.24) is 0 Å². The maximum Gasteiger partial charge on any atom is 0.254 e. The van der Waals surface area contributed by atoms with Gasteiger partial charge < -0.3 is 10.2 Å². The lowest BCUT2D eigenvalue weighted by Crippen LogP contribution is -2.21. The Morgan fingerprint density at radius 2 is 1.70 bits per heavy atom. The minimum atomic E-state index is -0.667.